The number of aryl methyl sites for hydroxylation is 1. The van der Waals surface area contributed by atoms with E-state index in [4.69, 9.17) is 19.3 Å². The van der Waals surface area contributed by atoms with Gasteiger partial charge in [0.2, 0.25) is 0 Å². The molecule has 0 atom stereocenters. The van der Waals surface area contributed by atoms with Crippen LogP contribution in [0.15, 0.2) is 6.20 Å². The summed E-state index contributed by atoms with van der Waals surface area (Å²) in [4.78, 5) is 49.9. The number of carbonyl (C=O) groups excluding carboxylic acids is 3. The number of carboxylic acids is 1. The van der Waals surface area contributed by atoms with Crippen molar-refractivity contribution in [3.05, 3.63) is 11.9 Å². The average Bonchev–Trinajstić information content (AvgIpc) is 3.78. The summed E-state index contributed by atoms with van der Waals surface area (Å²) in [6.45, 7) is 6.34. The Kier molecular flexibility index (Phi) is 42.1. The topological polar surface area (TPSA) is 147 Å². The molecule has 1 heterocycles. The van der Waals surface area contributed by atoms with E-state index in [9.17, 15) is 19.2 Å². The van der Waals surface area contributed by atoms with Crippen LogP contribution in [-0.2, 0) is 46.5 Å². The molecule has 0 unspecified atom stereocenters. The first-order valence-corrected chi connectivity index (χ1v) is 28.3. The van der Waals surface area contributed by atoms with E-state index in [2.05, 4.69) is 24.2 Å². The van der Waals surface area contributed by atoms with Gasteiger partial charge >= 0.3 is 23.9 Å². The Morgan fingerprint density at radius 1 is 0.463 bits per heavy atom. The maximum Gasteiger partial charge on any atom is 0.319 e. The highest BCUT2D eigenvalue weighted by Crippen LogP contribution is 2.23. The van der Waals surface area contributed by atoms with Crippen molar-refractivity contribution < 1.29 is 38.5 Å². The average molecular weight is 946 g/mol. The Morgan fingerprint density at radius 2 is 0.776 bits per heavy atom. The van der Waals surface area contributed by atoms with E-state index < -0.39 is 17.4 Å². The van der Waals surface area contributed by atoms with E-state index in [1.54, 1.807) is 17.8 Å². The number of carboxylic acid groups (broad SMARTS) is 1. The summed E-state index contributed by atoms with van der Waals surface area (Å²) >= 11 is 0. The quantitative estimate of drug-likeness (QED) is 0.0380. The van der Waals surface area contributed by atoms with Crippen LogP contribution in [0.5, 0.6) is 0 Å². The predicted octanol–water partition coefficient (Wildman–Crippen LogP) is 15.9. The minimum absolute atomic E-state index is 0.0823. The maximum atomic E-state index is 13.6. The van der Waals surface area contributed by atoms with E-state index >= 15 is 0 Å². The number of hydrogen-bond acceptors (Lipinski definition) is 9. The zero-order chi connectivity index (χ0) is 48.7. The van der Waals surface area contributed by atoms with Gasteiger partial charge in [-0.1, -0.05) is 244 Å². The molecule has 0 aromatic carbocycles. The first-order valence-electron chi connectivity index (χ1n) is 28.3. The number of aliphatic carboxylic acids is 1. The number of aromatic nitrogens is 3. The minimum atomic E-state index is -1.36. The zero-order valence-electron chi connectivity index (χ0n) is 43.8. The molecule has 1 N–H and O–H groups in total. The van der Waals surface area contributed by atoms with Gasteiger partial charge in [-0.2, -0.15) is 0 Å². The number of rotatable bonds is 51. The Hall–Kier alpha value is -2.98. The first kappa shape index (κ1) is 62.0. The number of nitrogens with zero attached hydrogens (tertiary/aromatic N) is 3. The molecule has 0 amide bonds. The van der Waals surface area contributed by atoms with Crippen LogP contribution in [0, 0.1) is 5.41 Å². The lowest BCUT2D eigenvalue weighted by molar-refractivity contribution is -0.171. The van der Waals surface area contributed by atoms with Crippen LogP contribution in [-0.4, -0.2) is 57.2 Å². The van der Waals surface area contributed by atoms with Crippen LogP contribution in [0.1, 0.15) is 296 Å². The predicted molar refractivity (Wildman–Crippen MR) is 273 cm³/mol. The van der Waals surface area contributed by atoms with Gasteiger partial charge in [-0.15, -0.1) is 5.10 Å². The Morgan fingerprint density at radius 3 is 1.12 bits per heavy atom. The molecule has 390 valence electrons. The van der Waals surface area contributed by atoms with Crippen LogP contribution >= 0.6 is 0 Å². The van der Waals surface area contributed by atoms with E-state index in [-0.39, 0.29) is 38.2 Å². The monoisotopic (exact) mass is 946 g/mol. The summed E-state index contributed by atoms with van der Waals surface area (Å²) < 4.78 is 18.8. The van der Waals surface area contributed by atoms with E-state index in [0.29, 0.717) is 18.5 Å². The SMILES string of the molecule is CCCCCCCCCCCCCCCCCC(=O)OCC(C)(COC(=O)CCCCCCCCCCCCCCCCC)C(=O)OCc1cn(CCCCCCCCCCCC(=O)O)nn1. The molecule has 0 fully saturated rings. The third-order valence-electron chi connectivity index (χ3n) is 13.3. The second-order valence-electron chi connectivity index (χ2n) is 20.2. The van der Waals surface area contributed by atoms with Gasteiger partial charge in [0.15, 0.2) is 0 Å². The smallest absolute Gasteiger partial charge is 0.319 e. The summed E-state index contributed by atoms with van der Waals surface area (Å²) in [7, 11) is 0. The van der Waals surface area contributed by atoms with Crippen molar-refractivity contribution in [1.82, 2.24) is 15.0 Å². The van der Waals surface area contributed by atoms with Gasteiger partial charge in [0.25, 0.3) is 0 Å². The number of carbonyl (C=O) groups is 4. The highest BCUT2D eigenvalue weighted by atomic mass is 16.6. The lowest BCUT2D eigenvalue weighted by atomic mass is 9.93. The highest BCUT2D eigenvalue weighted by Gasteiger charge is 2.39. The molecule has 1 aromatic rings. The molecule has 0 saturated carbocycles. The first-order chi connectivity index (χ1) is 32.7. The molecule has 0 spiro atoms. The van der Waals surface area contributed by atoms with Gasteiger partial charge in [0.1, 0.15) is 30.9 Å². The van der Waals surface area contributed by atoms with Gasteiger partial charge in [-0.05, 0) is 32.6 Å². The normalized spacial score (nSPS) is 11.6. The van der Waals surface area contributed by atoms with Crippen LogP contribution in [0.2, 0.25) is 0 Å². The van der Waals surface area contributed by atoms with Crippen LogP contribution in [0.4, 0.5) is 0 Å². The third-order valence-corrected chi connectivity index (χ3v) is 13.3. The molecule has 1 rings (SSSR count). The molecule has 0 bridgehead atoms. The van der Waals surface area contributed by atoms with Crippen LogP contribution in [0.3, 0.4) is 0 Å². The van der Waals surface area contributed by atoms with Gasteiger partial charge in [0, 0.05) is 25.8 Å². The van der Waals surface area contributed by atoms with E-state index in [1.165, 1.54) is 167 Å². The van der Waals surface area contributed by atoms with Crippen molar-refractivity contribution in [3.8, 4) is 0 Å². The van der Waals surface area contributed by atoms with Gasteiger partial charge in [-0.25, -0.2) is 0 Å². The summed E-state index contributed by atoms with van der Waals surface area (Å²) in [5, 5.41) is 17.2. The molecule has 1 aromatic heterocycles. The minimum Gasteiger partial charge on any atom is -0.481 e. The number of hydrogen-bond donors (Lipinski definition) is 1. The lowest BCUT2D eigenvalue weighted by Crippen LogP contribution is -2.40. The molecule has 0 aliphatic heterocycles. The molecular formula is C56H103N3O8. The van der Waals surface area contributed by atoms with Crippen LogP contribution in [0.25, 0.3) is 0 Å². The Bertz CT molecular complexity index is 1270. The fraction of sp³-hybridized carbons (Fsp3) is 0.893. The van der Waals surface area contributed by atoms with E-state index in [1.807, 2.05) is 0 Å². The standard InChI is InChI=1S/C56H103N3O8/c1-4-6-8-10-12-14-16-18-20-22-24-28-32-36-40-44-53(62)66-49-56(3,50-67-54(63)45-41-37-33-29-25-23-21-19-17-15-13-11-9-7-5-2)55(64)65-48-51-47-59(58-57-51)46-42-38-34-30-26-27-31-35-39-43-52(60)61/h47H,4-46,48-50H2,1-3H3,(H,60,61). The lowest BCUT2D eigenvalue weighted by Gasteiger charge is -2.26. The molecule has 0 aliphatic rings. The number of esters is 3. The molecule has 0 radical (unpaired) electrons. The van der Waals surface area contributed by atoms with Gasteiger partial charge in [-0.3, -0.25) is 23.9 Å². The summed E-state index contributed by atoms with van der Waals surface area (Å²) in [6.07, 6.45) is 49.7. The molecule has 67 heavy (non-hydrogen) atoms. The fourth-order valence-corrected chi connectivity index (χ4v) is 8.68. The van der Waals surface area contributed by atoms with Crippen molar-refractivity contribution in [3.63, 3.8) is 0 Å². The molecule has 0 aliphatic carbocycles. The fourth-order valence-electron chi connectivity index (χ4n) is 8.68. The maximum absolute atomic E-state index is 13.6. The Balaban J connectivity index is 2.44. The molecule has 0 saturated heterocycles. The van der Waals surface area contributed by atoms with Crippen molar-refractivity contribution >= 4 is 23.9 Å². The Labute approximate surface area is 410 Å². The van der Waals surface area contributed by atoms with Crippen molar-refractivity contribution in [1.29, 1.82) is 0 Å². The van der Waals surface area contributed by atoms with Crippen molar-refractivity contribution in [2.45, 2.75) is 304 Å². The van der Waals surface area contributed by atoms with Crippen molar-refractivity contribution in [2.24, 2.45) is 5.41 Å². The number of unbranched alkanes of at least 4 members (excludes halogenated alkanes) is 36. The van der Waals surface area contributed by atoms with E-state index in [0.717, 1.165) is 90.0 Å². The van der Waals surface area contributed by atoms with Gasteiger partial charge in [0.05, 0.1) is 6.20 Å². The molecule has 11 nitrogen and oxygen atoms in total. The number of ether oxygens (including phenoxy) is 3. The largest absolute Gasteiger partial charge is 0.481 e. The highest BCUT2D eigenvalue weighted by molar-refractivity contribution is 5.78. The summed E-state index contributed by atoms with van der Waals surface area (Å²) in [6, 6.07) is 0. The second-order valence-corrected chi connectivity index (χ2v) is 20.2. The second kappa shape index (κ2) is 45.5. The molecular weight excluding hydrogens is 843 g/mol. The summed E-state index contributed by atoms with van der Waals surface area (Å²) in [5.41, 5.74) is -0.835. The summed E-state index contributed by atoms with van der Waals surface area (Å²) in [5.74, 6) is -2.03. The van der Waals surface area contributed by atoms with Crippen molar-refractivity contribution in [2.75, 3.05) is 13.2 Å². The third kappa shape index (κ3) is 39.6. The zero-order valence-corrected chi connectivity index (χ0v) is 43.8. The van der Waals surface area contributed by atoms with Crippen LogP contribution < -0.4 is 0 Å². The molecule has 11 heteroatoms. The van der Waals surface area contributed by atoms with Gasteiger partial charge < -0.3 is 19.3 Å².